The van der Waals surface area contributed by atoms with Gasteiger partial charge in [0, 0.05) is 0 Å². The average molecular weight is 352 g/mol. The Morgan fingerprint density at radius 1 is 1.43 bits per heavy atom. The van der Waals surface area contributed by atoms with E-state index in [0.717, 1.165) is 23.1 Å². The third kappa shape index (κ3) is 6.01. The lowest BCUT2D eigenvalue weighted by Crippen LogP contribution is -1.99. The van der Waals surface area contributed by atoms with Crippen LogP contribution >= 0.6 is 15.9 Å². The number of aliphatic carboxylic acids is 1. The molecule has 0 saturated carbocycles. The molecule has 112 valence electrons. The number of benzene rings is 1. The number of carbonyl (C=O) groups is 1. The fraction of sp³-hybridized carbons (Fsp3) is 0.375. The largest absolute Gasteiger partial charge is 0.492 e. The SMILES string of the molecule is CCCCCCOc1ccc(C=C(C#N)C(=O)O)cc1Br. The van der Waals surface area contributed by atoms with Gasteiger partial charge in [0.1, 0.15) is 17.4 Å². The van der Waals surface area contributed by atoms with E-state index in [1.54, 1.807) is 24.3 Å². The molecule has 5 heteroatoms. The van der Waals surface area contributed by atoms with Gasteiger partial charge in [-0.15, -0.1) is 0 Å². The Bertz CT molecular complexity index is 561. The minimum absolute atomic E-state index is 0.296. The molecule has 0 saturated heterocycles. The molecule has 1 N–H and O–H groups in total. The summed E-state index contributed by atoms with van der Waals surface area (Å²) in [6.45, 7) is 2.82. The van der Waals surface area contributed by atoms with Gasteiger partial charge in [0.15, 0.2) is 0 Å². The molecule has 21 heavy (non-hydrogen) atoms. The lowest BCUT2D eigenvalue weighted by Gasteiger charge is -2.08. The van der Waals surface area contributed by atoms with Crippen molar-refractivity contribution in [2.75, 3.05) is 6.61 Å². The van der Waals surface area contributed by atoms with Crippen LogP contribution in [0.1, 0.15) is 38.2 Å². The van der Waals surface area contributed by atoms with Crippen LogP contribution in [0.3, 0.4) is 0 Å². The molecule has 0 bridgehead atoms. The van der Waals surface area contributed by atoms with Crippen molar-refractivity contribution in [3.8, 4) is 11.8 Å². The van der Waals surface area contributed by atoms with Gasteiger partial charge < -0.3 is 9.84 Å². The average Bonchev–Trinajstić information content (AvgIpc) is 2.46. The number of nitrogens with zero attached hydrogens (tertiary/aromatic N) is 1. The first-order valence-electron chi connectivity index (χ1n) is 6.86. The van der Waals surface area contributed by atoms with Crippen molar-refractivity contribution in [1.29, 1.82) is 5.26 Å². The molecule has 1 aromatic carbocycles. The van der Waals surface area contributed by atoms with E-state index in [9.17, 15) is 4.79 Å². The standard InChI is InChI=1S/C16H18BrNO3/c1-2-3-4-5-8-21-15-7-6-12(10-14(15)17)9-13(11-18)16(19)20/h6-7,9-10H,2-5,8H2,1H3,(H,19,20). The number of ether oxygens (including phenoxy) is 1. The predicted molar refractivity (Wildman–Crippen MR) is 85.0 cm³/mol. The minimum Gasteiger partial charge on any atom is -0.492 e. The van der Waals surface area contributed by atoms with Crippen LogP contribution in [0.4, 0.5) is 0 Å². The van der Waals surface area contributed by atoms with Crippen LogP contribution in [0.2, 0.25) is 0 Å². The third-order valence-corrected chi connectivity index (χ3v) is 3.49. The molecule has 0 unspecified atom stereocenters. The first-order valence-corrected chi connectivity index (χ1v) is 7.65. The number of carboxylic acids is 1. The van der Waals surface area contributed by atoms with Crippen LogP contribution in [0, 0.1) is 11.3 Å². The Morgan fingerprint density at radius 2 is 2.19 bits per heavy atom. The van der Waals surface area contributed by atoms with Crippen molar-refractivity contribution in [1.82, 2.24) is 0 Å². The van der Waals surface area contributed by atoms with Crippen molar-refractivity contribution < 1.29 is 14.6 Å². The normalized spacial score (nSPS) is 11.0. The van der Waals surface area contributed by atoms with Crippen molar-refractivity contribution in [2.45, 2.75) is 32.6 Å². The molecule has 0 aliphatic carbocycles. The van der Waals surface area contributed by atoms with Gasteiger partial charge >= 0.3 is 5.97 Å². The van der Waals surface area contributed by atoms with E-state index in [-0.39, 0.29) is 5.57 Å². The molecule has 4 nitrogen and oxygen atoms in total. The first kappa shape index (κ1) is 17.3. The number of carboxylic acid groups (broad SMARTS) is 1. The molecular weight excluding hydrogens is 334 g/mol. The Balaban J connectivity index is 2.68. The van der Waals surface area contributed by atoms with Crippen molar-refractivity contribution in [3.05, 3.63) is 33.8 Å². The van der Waals surface area contributed by atoms with E-state index in [1.165, 1.54) is 18.9 Å². The summed E-state index contributed by atoms with van der Waals surface area (Å²) in [5.74, 6) is -0.512. The lowest BCUT2D eigenvalue weighted by atomic mass is 10.1. The summed E-state index contributed by atoms with van der Waals surface area (Å²) in [7, 11) is 0. The van der Waals surface area contributed by atoms with Gasteiger partial charge in [-0.1, -0.05) is 32.3 Å². The number of unbranched alkanes of at least 4 members (excludes halogenated alkanes) is 3. The minimum atomic E-state index is -1.23. The highest BCUT2D eigenvalue weighted by atomic mass is 79.9. The maximum Gasteiger partial charge on any atom is 0.346 e. The monoisotopic (exact) mass is 351 g/mol. The van der Waals surface area contributed by atoms with Gasteiger partial charge in [-0.25, -0.2) is 4.79 Å². The summed E-state index contributed by atoms with van der Waals surface area (Å²) in [4.78, 5) is 10.8. The summed E-state index contributed by atoms with van der Waals surface area (Å²) in [5, 5.41) is 17.6. The van der Waals surface area contributed by atoms with Crippen molar-refractivity contribution in [3.63, 3.8) is 0 Å². The van der Waals surface area contributed by atoms with Gasteiger partial charge in [-0.3, -0.25) is 0 Å². The second-order valence-electron chi connectivity index (χ2n) is 4.57. The fourth-order valence-corrected chi connectivity index (χ4v) is 2.25. The predicted octanol–water partition coefficient (Wildman–Crippen LogP) is 4.40. The third-order valence-electron chi connectivity index (χ3n) is 2.87. The Labute approximate surface area is 133 Å². The lowest BCUT2D eigenvalue weighted by molar-refractivity contribution is -0.132. The van der Waals surface area contributed by atoms with Gasteiger partial charge in [-0.2, -0.15) is 5.26 Å². The summed E-state index contributed by atoms with van der Waals surface area (Å²) in [6.07, 6.45) is 5.90. The van der Waals surface area contributed by atoms with Crippen LogP contribution in [0.15, 0.2) is 28.2 Å². The van der Waals surface area contributed by atoms with E-state index < -0.39 is 5.97 Å². The summed E-state index contributed by atoms with van der Waals surface area (Å²) < 4.78 is 6.41. The van der Waals surface area contributed by atoms with Crippen molar-refractivity contribution in [2.24, 2.45) is 0 Å². The second-order valence-corrected chi connectivity index (χ2v) is 5.43. The first-order chi connectivity index (χ1) is 10.1. The summed E-state index contributed by atoms with van der Waals surface area (Å²) >= 11 is 3.39. The zero-order chi connectivity index (χ0) is 15.7. The molecule has 0 aromatic heterocycles. The molecule has 0 heterocycles. The van der Waals surface area contributed by atoms with Crippen LogP contribution in [0.5, 0.6) is 5.75 Å². The van der Waals surface area contributed by atoms with E-state index in [4.69, 9.17) is 15.1 Å². The second kappa shape index (κ2) is 9.19. The zero-order valence-electron chi connectivity index (χ0n) is 11.9. The molecule has 0 atom stereocenters. The Hall–Kier alpha value is -1.80. The maximum atomic E-state index is 10.8. The zero-order valence-corrected chi connectivity index (χ0v) is 13.5. The van der Waals surface area contributed by atoms with E-state index in [0.29, 0.717) is 12.2 Å². The molecule has 0 aliphatic rings. The molecule has 1 rings (SSSR count). The highest BCUT2D eigenvalue weighted by Crippen LogP contribution is 2.27. The smallest absolute Gasteiger partial charge is 0.346 e. The number of hydrogen-bond donors (Lipinski definition) is 1. The number of nitriles is 1. The highest BCUT2D eigenvalue weighted by molar-refractivity contribution is 9.10. The van der Waals surface area contributed by atoms with Crippen LogP contribution in [0.25, 0.3) is 6.08 Å². The molecular formula is C16H18BrNO3. The maximum absolute atomic E-state index is 10.8. The molecule has 0 aliphatic heterocycles. The highest BCUT2D eigenvalue weighted by Gasteiger charge is 2.07. The van der Waals surface area contributed by atoms with Gasteiger partial charge in [0.05, 0.1) is 11.1 Å². The van der Waals surface area contributed by atoms with Gasteiger partial charge in [0.25, 0.3) is 0 Å². The van der Waals surface area contributed by atoms with Crippen LogP contribution < -0.4 is 4.74 Å². The molecule has 0 amide bonds. The number of halogens is 1. The molecule has 0 radical (unpaired) electrons. The quantitative estimate of drug-likeness (QED) is 0.428. The van der Waals surface area contributed by atoms with E-state index >= 15 is 0 Å². The number of rotatable bonds is 8. The number of hydrogen-bond acceptors (Lipinski definition) is 3. The van der Waals surface area contributed by atoms with Crippen LogP contribution in [-0.2, 0) is 4.79 Å². The molecule has 0 fully saturated rings. The van der Waals surface area contributed by atoms with Gasteiger partial charge in [0.2, 0.25) is 0 Å². The summed E-state index contributed by atoms with van der Waals surface area (Å²) in [6, 6.07) is 6.89. The Morgan fingerprint density at radius 3 is 2.76 bits per heavy atom. The topological polar surface area (TPSA) is 70.3 Å². The molecule has 0 spiro atoms. The Kier molecular flexibility index (Phi) is 7.55. The van der Waals surface area contributed by atoms with E-state index in [1.807, 2.05) is 0 Å². The van der Waals surface area contributed by atoms with Crippen LogP contribution in [-0.4, -0.2) is 17.7 Å². The van der Waals surface area contributed by atoms with Gasteiger partial charge in [-0.05, 0) is 46.1 Å². The molecule has 1 aromatic rings. The fourth-order valence-electron chi connectivity index (χ4n) is 1.74. The van der Waals surface area contributed by atoms with Crippen molar-refractivity contribution >= 4 is 28.0 Å². The summed E-state index contributed by atoms with van der Waals surface area (Å²) in [5.41, 5.74) is 0.342. The van der Waals surface area contributed by atoms with E-state index in [2.05, 4.69) is 22.9 Å².